The van der Waals surface area contributed by atoms with Gasteiger partial charge in [0.2, 0.25) is 11.8 Å². The summed E-state index contributed by atoms with van der Waals surface area (Å²) in [6.07, 6.45) is 8.93. The van der Waals surface area contributed by atoms with Crippen LogP contribution in [0.3, 0.4) is 0 Å². The van der Waals surface area contributed by atoms with Gasteiger partial charge in [-0.15, -0.1) is 10.2 Å². The summed E-state index contributed by atoms with van der Waals surface area (Å²) in [6.45, 7) is 1.64. The summed E-state index contributed by atoms with van der Waals surface area (Å²) in [7, 11) is 0. The van der Waals surface area contributed by atoms with E-state index in [2.05, 4.69) is 31.1 Å². The van der Waals surface area contributed by atoms with Gasteiger partial charge in [0.05, 0.1) is 5.41 Å². The maximum atomic E-state index is 9.31. The Bertz CT molecular complexity index is 822. The molecular weight excluding hydrogens is 304 g/mol. The first-order chi connectivity index (χ1) is 11.8. The molecule has 2 aliphatic carbocycles. The molecule has 0 unspecified atom stereocenters. The number of hydrogen-bond acceptors (Lipinski definition) is 7. The van der Waals surface area contributed by atoms with Gasteiger partial charge in [0.15, 0.2) is 11.5 Å². The van der Waals surface area contributed by atoms with Gasteiger partial charge in [-0.25, -0.2) is 9.97 Å². The third-order valence-electron chi connectivity index (χ3n) is 5.75. The maximum absolute atomic E-state index is 9.31. The van der Waals surface area contributed by atoms with Gasteiger partial charge in [0, 0.05) is 31.4 Å². The monoisotopic (exact) mass is 322 g/mol. The molecule has 3 fully saturated rings. The molecule has 2 aromatic rings. The number of hydrogen-bond donors (Lipinski definition) is 0. The Morgan fingerprint density at radius 3 is 2.92 bits per heavy atom. The molecule has 1 saturated heterocycles. The number of rotatable bonds is 3. The number of nitriles is 1. The highest BCUT2D eigenvalue weighted by Gasteiger charge is 2.55. The molecule has 0 amide bonds. The average Bonchev–Trinajstić information content (AvgIpc) is 3.05. The van der Waals surface area contributed by atoms with E-state index in [1.54, 1.807) is 12.4 Å². The van der Waals surface area contributed by atoms with Crippen LogP contribution in [0.4, 0.5) is 5.82 Å². The highest BCUT2D eigenvalue weighted by Crippen LogP contribution is 2.51. The molecule has 1 aliphatic heterocycles. The van der Waals surface area contributed by atoms with Gasteiger partial charge in [-0.05, 0) is 31.6 Å². The van der Waals surface area contributed by atoms with Crippen molar-refractivity contribution >= 4 is 5.82 Å². The number of anilines is 1. The largest absolute Gasteiger partial charge is 0.424 e. The minimum Gasteiger partial charge on any atom is -0.424 e. The molecule has 3 aliphatic rings. The van der Waals surface area contributed by atoms with Crippen LogP contribution < -0.4 is 4.90 Å². The lowest BCUT2D eigenvalue weighted by Gasteiger charge is -2.24. The molecule has 0 N–H and O–H groups in total. The van der Waals surface area contributed by atoms with E-state index in [4.69, 9.17) is 4.42 Å². The van der Waals surface area contributed by atoms with Crippen molar-refractivity contribution in [3.63, 3.8) is 0 Å². The Labute approximate surface area is 139 Å². The fourth-order valence-corrected chi connectivity index (χ4v) is 4.37. The topological polar surface area (TPSA) is 91.7 Å². The minimum absolute atomic E-state index is 0.0929. The second kappa shape index (κ2) is 5.00. The van der Waals surface area contributed by atoms with Crippen LogP contribution in [-0.2, 0) is 5.41 Å². The van der Waals surface area contributed by atoms with Crippen LogP contribution in [0.2, 0.25) is 0 Å². The second-order valence-electron chi connectivity index (χ2n) is 7.19. The molecule has 122 valence electrons. The number of aromatic nitrogens is 4. The molecular formula is C17H18N6O. The first kappa shape index (κ1) is 13.9. The summed E-state index contributed by atoms with van der Waals surface area (Å²) < 4.78 is 6.09. The normalized spacial score (nSPS) is 28.8. The summed E-state index contributed by atoms with van der Waals surface area (Å²) in [6, 6.07) is 2.15. The molecule has 24 heavy (non-hydrogen) atoms. The molecule has 2 saturated carbocycles. The second-order valence-corrected chi connectivity index (χ2v) is 7.19. The third-order valence-corrected chi connectivity index (χ3v) is 5.75. The SMILES string of the molecule is N#Cc1nccnc1N1C[C@@H]2CCC[C@]2(c2nnc(C3CC3)o2)C1. The number of fused-ring (bicyclic) bond motifs is 1. The van der Waals surface area contributed by atoms with Crippen molar-refractivity contribution in [1.29, 1.82) is 5.26 Å². The van der Waals surface area contributed by atoms with Gasteiger partial charge in [-0.3, -0.25) is 0 Å². The lowest BCUT2D eigenvalue weighted by molar-refractivity contribution is 0.296. The fraction of sp³-hybridized carbons (Fsp3) is 0.588. The summed E-state index contributed by atoms with van der Waals surface area (Å²) >= 11 is 0. The van der Waals surface area contributed by atoms with Crippen LogP contribution in [0.15, 0.2) is 16.8 Å². The van der Waals surface area contributed by atoms with E-state index >= 15 is 0 Å². The van der Waals surface area contributed by atoms with E-state index < -0.39 is 0 Å². The van der Waals surface area contributed by atoms with E-state index in [0.29, 0.717) is 23.3 Å². The predicted molar refractivity (Wildman–Crippen MR) is 84.3 cm³/mol. The van der Waals surface area contributed by atoms with Gasteiger partial charge in [-0.2, -0.15) is 5.26 Å². The Morgan fingerprint density at radius 1 is 1.21 bits per heavy atom. The molecule has 7 nitrogen and oxygen atoms in total. The Balaban J connectivity index is 1.50. The zero-order valence-corrected chi connectivity index (χ0v) is 13.4. The molecule has 5 rings (SSSR count). The summed E-state index contributed by atoms with van der Waals surface area (Å²) in [5, 5.41) is 18.0. The average molecular weight is 322 g/mol. The van der Waals surface area contributed by atoms with Gasteiger partial charge in [0.25, 0.3) is 0 Å². The minimum atomic E-state index is -0.0929. The van der Waals surface area contributed by atoms with Crippen LogP contribution in [-0.4, -0.2) is 33.3 Å². The molecule has 0 bridgehead atoms. The van der Waals surface area contributed by atoms with Crippen molar-refractivity contribution in [2.75, 3.05) is 18.0 Å². The highest BCUT2D eigenvalue weighted by atomic mass is 16.4. The highest BCUT2D eigenvalue weighted by molar-refractivity contribution is 5.52. The molecule has 3 heterocycles. The lowest BCUT2D eigenvalue weighted by atomic mass is 9.80. The summed E-state index contributed by atoms with van der Waals surface area (Å²) in [5.74, 6) is 3.22. The fourth-order valence-electron chi connectivity index (χ4n) is 4.37. The Hall–Kier alpha value is -2.49. The maximum Gasteiger partial charge on any atom is 0.224 e. The molecule has 2 aromatic heterocycles. The first-order valence-corrected chi connectivity index (χ1v) is 8.60. The van der Waals surface area contributed by atoms with E-state index in [9.17, 15) is 5.26 Å². The molecule has 2 atom stereocenters. The first-order valence-electron chi connectivity index (χ1n) is 8.60. The van der Waals surface area contributed by atoms with E-state index in [-0.39, 0.29) is 5.41 Å². The van der Waals surface area contributed by atoms with E-state index in [1.807, 2.05) is 0 Å². The van der Waals surface area contributed by atoms with Crippen molar-refractivity contribution in [2.45, 2.75) is 43.4 Å². The standard InChI is InChI=1S/C17H18N6O/c18-8-13-14(20-7-6-19-13)23-9-12-2-1-5-17(12,10-23)16-22-21-15(24-16)11-3-4-11/h6-7,11-12H,1-5,9-10H2/t12-,17-/m0/s1. The summed E-state index contributed by atoms with van der Waals surface area (Å²) in [4.78, 5) is 10.7. The molecule has 7 heteroatoms. The van der Waals surface area contributed by atoms with Crippen molar-refractivity contribution in [3.05, 3.63) is 29.9 Å². The van der Waals surface area contributed by atoms with Crippen LogP contribution in [0.5, 0.6) is 0 Å². The zero-order valence-electron chi connectivity index (χ0n) is 13.4. The third kappa shape index (κ3) is 1.95. The van der Waals surface area contributed by atoms with Crippen molar-refractivity contribution in [2.24, 2.45) is 5.92 Å². The Kier molecular flexibility index (Phi) is 2.90. The van der Waals surface area contributed by atoms with Crippen molar-refractivity contribution < 1.29 is 4.42 Å². The van der Waals surface area contributed by atoms with Gasteiger partial charge in [0.1, 0.15) is 6.07 Å². The summed E-state index contributed by atoms with van der Waals surface area (Å²) in [5.41, 5.74) is 0.293. The van der Waals surface area contributed by atoms with Crippen LogP contribution >= 0.6 is 0 Å². The van der Waals surface area contributed by atoms with Crippen LogP contribution in [0, 0.1) is 17.2 Å². The van der Waals surface area contributed by atoms with Gasteiger partial charge < -0.3 is 9.32 Å². The van der Waals surface area contributed by atoms with E-state index in [0.717, 1.165) is 50.6 Å². The molecule has 0 spiro atoms. The van der Waals surface area contributed by atoms with Gasteiger partial charge in [-0.1, -0.05) is 6.42 Å². The molecule has 0 aromatic carbocycles. The lowest BCUT2D eigenvalue weighted by Crippen LogP contribution is -2.32. The van der Waals surface area contributed by atoms with Crippen molar-refractivity contribution in [3.8, 4) is 6.07 Å². The van der Waals surface area contributed by atoms with Gasteiger partial charge >= 0.3 is 0 Å². The van der Waals surface area contributed by atoms with Crippen LogP contribution in [0.25, 0.3) is 0 Å². The van der Waals surface area contributed by atoms with E-state index in [1.165, 1.54) is 6.42 Å². The predicted octanol–water partition coefficient (Wildman–Crippen LogP) is 2.17. The van der Waals surface area contributed by atoms with Crippen LogP contribution in [0.1, 0.15) is 55.5 Å². The smallest absolute Gasteiger partial charge is 0.224 e. The zero-order chi connectivity index (χ0) is 16.1. The number of nitrogens with zero attached hydrogens (tertiary/aromatic N) is 6. The quantitative estimate of drug-likeness (QED) is 0.855. The molecule has 0 radical (unpaired) electrons. The Morgan fingerprint density at radius 2 is 2.08 bits per heavy atom. The van der Waals surface area contributed by atoms with Crippen molar-refractivity contribution in [1.82, 2.24) is 20.2 Å².